The third kappa shape index (κ3) is 3.33. The summed E-state index contributed by atoms with van der Waals surface area (Å²) >= 11 is 6.09. The zero-order valence-corrected chi connectivity index (χ0v) is 14.0. The van der Waals surface area contributed by atoms with Gasteiger partial charge in [-0.2, -0.15) is 6.07 Å². The molecule has 0 spiro atoms. The Morgan fingerprint density at radius 3 is 2.44 bits per heavy atom. The average molecular weight is 409 g/mol. The minimum Gasteiger partial charge on any atom is -0.358 e. The van der Waals surface area contributed by atoms with Gasteiger partial charge in [-0.15, -0.1) is 11.5 Å². The van der Waals surface area contributed by atoms with E-state index < -0.39 is 0 Å². The molecule has 0 amide bonds. The van der Waals surface area contributed by atoms with Crippen molar-refractivity contribution in [2.24, 2.45) is 7.05 Å². The molecule has 0 aliphatic heterocycles. The monoisotopic (exact) mass is 408 g/mol. The maximum atomic E-state index is 6.09. The average Bonchev–Trinajstić information content (AvgIpc) is 2.58. The standard InChI is InChI=1S/C9H8ClN2.C2H6.CH3.W/c1-6-3-4-7-5-11-12(2)9(7)8(6)10;1-2;;/h3-4H,1-2H3;1-2H3;1H3;/q-1;;-1;+2. The van der Waals surface area contributed by atoms with Gasteiger partial charge < -0.3 is 12.1 Å². The Hall–Kier alpha value is -0.332. The Labute approximate surface area is 117 Å². The second-order valence-electron chi connectivity index (χ2n) is 2.83. The smallest absolute Gasteiger partial charge is 0.358 e. The van der Waals surface area contributed by atoms with Crippen LogP contribution in [-0.4, -0.2) is 9.78 Å². The van der Waals surface area contributed by atoms with Crippen LogP contribution in [0.4, 0.5) is 0 Å². The van der Waals surface area contributed by atoms with Gasteiger partial charge in [0, 0.05) is 12.1 Å². The molecule has 2 rings (SSSR count). The summed E-state index contributed by atoms with van der Waals surface area (Å²) in [4.78, 5) is 0. The molecule has 0 N–H and O–H groups in total. The van der Waals surface area contributed by atoms with E-state index in [4.69, 9.17) is 11.6 Å². The van der Waals surface area contributed by atoms with E-state index in [-0.39, 0.29) is 28.5 Å². The fourth-order valence-electron chi connectivity index (χ4n) is 1.25. The van der Waals surface area contributed by atoms with Crippen molar-refractivity contribution in [3.63, 3.8) is 0 Å². The van der Waals surface area contributed by atoms with Crippen LogP contribution in [0.2, 0.25) is 5.02 Å². The summed E-state index contributed by atoms with van der Waals surface area (Å²) in [5.74, 6) is 0. The molecule has 0 aliphatic carbocycles. The van der Waals surface area contributed by atoms with Gasteiger partial charge in [-0.1, -0.05) is 31.0 Å². The molecular formula is C12H17ClN2W. The van der Waals surface area contributed by atoms with Crippen LogP contribution in [-0.2, 0) is 28.1 Å². The Morgan fingerprint density at radius 2 is 1.88 bits per heavy atom. The van der Waals surface area contributed by atoms with Crippen molar-refractivity contribution in [1.29, 1.82) is 0 Å². The maximum Gasteiger partial charge on any atom is 2.00 e. The van der Waals surface area contributed by atoms with Crippen LogP contribution < -0.4 is 0 Å². The van der Waals surface area contributed by atoms with Crippen LogP contribution in [0.15, 0.2) is 12.1 Å². The Kier molecular flexibility index (Phi) is 8.87. The van der Waals surface area contributed by atoms with Crippen molar-refractivity contribution < 1.29 is 21.1 Å². The molecule has 0 saturated carbocycles. The molecule has 0 atom stereocenters. The largest absolute Gasteiger partial charge is 2.00 e. The molecule has 0 fully saturated rings. The molecule has 0 radical (unpaired) electrons. The van der Waals surface area contributed by atoms with E-state index in [0.717, 1.165) is 21.5 Å². The molecule has 2 nitrogen and oxygen atoms in total. The Balaban J connectivity index is 0. The second-order valence-corrected chi connectivity index (χ2v) is 3.21. The maximum absolute atomic E-state index is 6.09. The molecule has 2 aromatic rings. The first-order valence-electron chi connectivity index (χ1n) is 4.69. The van der Waals surface area contributed by atoms with Gasteiger partial charge in [-0.3, -0.25) is 5.10 Å². The molecule has 0 saturated heterocycles. The van der Waals surface area contributed by atoms with Crippen LogP contribution in [0.3, 0.4) is 0 Å². The first-order valence-corrected chi connectivity index (χ1v) is 5.07. The molecule has 4 heteroatoms. The van der Waals surface area contributed by atoms with E-state index in [2.05, 4.69) is 11.3 Å². The summed E-state index contributed by atoms with van der Waals surface area (Å²) in [6, 6.07) is 3.95. The van der Waals surface area contributed by atoms with Gasteiger partial charge in [0.1, 0.15) is 0 Å². The van der Waals surface area contributed by atoms with Gasteiger partial charge >= 0.3 is 21.1 Å². The normalized spacial score (nSPS) is 8.56. The van der Waals surface area contributed by atoms with Crippen molar-refractivity contribution in [3.8, 4) is 0 Å². The summed E-state index contributed by atoms with van der Waals surface area (Å²) in [6.07, 6.45) is 2.88. The van der Waals surface area contributed by atoms with Crippen molar-refractivity contribution in [2.45, 2.75) is 20.8 Å². The van der Waals surface area contributed by atoms with Crippen LogP contribution >= 0.6 is 11.6 Å². The number of nitrogens with zero attached hydrogens (tertiary/aromatic N) is 2. The summed E-state index contributed by atoms with van der Waals surface area (Å²) < 4.78 is 1.74. The summed E-state index contributed by atoms with van der Waals surface area (Å²) in [7, 11) is 1.87. The van der Waals surface area contributed by atoms with Crippen LogP contribution in [0, 0.1) is 20.5 Å². The number of hydrogen-bond acceptors (Lipinski definition) is 1. The van der Waals surface area contributed by atoms with E-state index >= 15 is 0 Å². The van der Waals surface area contributed by atoms with E-state index in [0.29, 0.717) is 0 Å². The number of rotatable bonds is 0. The third-order valence-electron chi connectivity index (χ3n) is 1.95. The van der Waals surface area contributed by atoms with Gasteiger partial charge in [0.25, 0.3) is 0 Å². The molecule has 0 bridgehead atoms. The van der Waals surface area contributed by atoms with Crippen molar-refractivity contribution in [1.82, 2.24) is 9.78 Å². The molecular weight excluding hydrogens is 391 g/mol. The predicted molar refractivity (Wildman–Crippen MR) is 67.1 cm³/mol. The zero-order valence-electron chi connectivity index (χ0n) is 10.3. The summed E-state index contributed by atoms with van der Waals surface area (Å²) in [5, 5.41) is 5.74. The molecule has 0 aliphatic rings. The number of hydrogen-bond donors (Lipinski definition) is 0. The van der Waals surface area contributed by atoms with Crippen LogP contribution in [0.5, 0.6) is 0 Å². The second kappa shape index (κ2) is 7.86. The number of halogens is 1. The van der Waals surface area contributed by atoms with Crippen molar-refractivity contribution >= 4 is 22.5 Å². The van der Waals surface area contributed by atoms with E-state index in [9.17, 15) is 0 Å². The molecule has 1 heterocycles. The van der Waals surface area contributed by atoms with Gasteiger partial charge in [0.2, 0.25) is 0 Å². The number of aryl methyl sites for hydroxylation is 2. The van der Waals surface area contributed by atoms with Gasteiger partial charge in [0.15, 0.2) is 0 Å². The number of benzene rings is 1. The minimum absolute atomic E-state index is 0. The van der Waals surface area contributed by atoms with Crippen LogP contribution in [0.25, 0.3) is 10.9 Å². The molecule has 1 aromatic heterocycles. The first kappa shape index (κ1) is 18.0. The van der Waals surface area contributed by atoms with E-state index in [1.807, 2.05) is 40.0 Å². The molecule has 1 aromatic carbocycles. The third-order valence-corrected chi connectivity index (χ3v) is 2.43. The van der Waals surface area contributed by atoms with Crippen molar-refractivity contribution in [2.75, 3.05) is 0 Å². The fraction of sp³-hybridized carbons (Fsp3) is 0.333. The topological polar surface area (TPSA) is 17.8 Å². The fourth-order valence-corrected chi connectivity index (χ4v) is 1.54. The van der Waals surface area contributed by atoms with E-state index in [1.165, 1.54) is 0 Å². The van der Waals surface area contributed by atoms with Crippen LogP contribution in [0.1, 0.15) is 19.4 Å². The zero-order chi connectivity index (χ0) is 10.7. The molecule has 88 valence electrons. The van der Waals surface area contributed by atoms with E-state index in [1.54, 1.807) is 4.68 Å². The number of fused-ring (bicyclic) bond motifs is 1. The predicted octanol–water partition coefficient (Wildman–Crippen LogP) is 3.81. The number of aromatic nitrogens is 2. The van der Waals surface area contributed by atoms with Gasteiger partial charge in [0.05, 0.1) is 0 Å². The minimum atomic E-state index is 0. The SMILES string of the molecule is CC.Cc1ccc2[c-]nn(C)c2c1Cl.[CH3-].[W+2]. The van der Waals surface area contributed by atoms with Gasteiger partial charge in [-0.25, -0.2) is 0 Å². The summed E-state index contributed by atoms with van der Waals surface area (Å²) in [5.41, 5.74) is 2.03. The first-order chi connectivity index (χ1) is 6.70. The Bertz CT molecular complexity index is 438. The van der Waals surface area contributed by atoms with Crippen molar-refractivity contribution in [3.05, 3.63) is 36.3 Å². The summed E-state index contributed by atoms with van der Waals surface area (Å²) in [6.45, 7) is 5.98. The van der Waals surface area contributed by atoms with Gasteiger partial charge in [-0.05, 0) is 18.6 Å². The quantitative estimate of drug-likeness (QED) is 0.606. The molecule has 16 heavy (non-hydrogen) atoms. The molecule has 0 unspecified atom stereocenters. The Morgan fingerprint density at radius 1 is 1.31 bits per heavy atom.